The highest BCUT2D eigenvalue weighted by Gasteiger charge is 2.19. The predicted molar refractivity (Wildman–Crippen MR) is 83.1 cm³/mol. The summed E-state index contributed by atoms with van der Waals surface area (Å²) in [6.07, 6.45) is 1.47. The van der Waals surface area contributed by atoms with Crippen molar-refractivity contribution in [3.05, 3.63) is 58.9 Å². The molecule has 0 amide bonds. The molecule has 1 saturated heterocycles. The lowest BCUT2D eigenvalue weighted by Gasteiger charge is -2.36. The Kier molecular flexibility index (Phi) is 4.55. The molecule has 1 fully saturated rings. The molecular weight excluding hydrogens is 308 g/mol. The van der Waals surface area contributed by atoms with Gasteiger partial charge in [0, 0.05) is 61.3 Å². The third-order valence-electron chi connectivity index (χ3n) is 3.89. The normalized spacial score (nSPS) is 16.0. The van der Waals surface area contributed by atoms with Gasteiger partial charge in [0.1, 0.15) is 5.82 Å². The number of hydrogen-bond donors (Lipinski definition) is 0. The highest BCUT2D eigenvalue weighted by atomic mass is 35.5. The van der Waals surface area contributed by atoms with Gasteiger partial charge in [-0.1, -0.05) is 17.7 Å². The second kappa shape index (κ2) is 6.58. The van der Waals surface area contributed by atoms with Crippen LogP contribution in [0.5, 0.6) is 0 Å². The Morgan fingerprint density at radius 3 is 2.55 bits per heavy atom. The van der Waals surface area contributed by atoms with Gasteiger partial charge in [-0.05, 0) is 18.2 Å². The van der Waals surface area contributed by atoms with E-state index in [0.717, 1.165) is 31.9 Å². The number of nitrogens with zero attached hydrogens (tertiary/aromatic N) is 3. The maximum Gasteiger partial charge on any atom is 0.214 e. The summed E-state index contributed by atoms with van der Waals surface area (Å²) in [6, 6.07) is 7.97. The Bertz CT molecular complexity index is 637. The predicted octanol–water partition coefficient (Wildman–Crippen LogP) is 3.34. The smallest absolute Gasteiger partial charge is 0.214 e. The maximum atomic E-state index is 13.8. The topological polar surface area (TPSA) is 19.4 Å². The van der Waals surface area contributed by atoms with Gasteiger partial charge in [-0.15, -0.1) is 0 Å². The summed E-state index contributed by atoms with van der Waals surface area (Å²) in [7, 11) is 0. The van der Waals surface area contributed by atoms with Gasteiger partial charge in [0.25, 0.3) is 0 Å². The van der Waals surface area contributed by atoms with Crippen molar-refractivity contribution in [3.8, 4) is 0 Å². The molecule has 2 aromatic rings. The van der Waals surface area contributed by atoms with Gasteiger partial charge in [0.2, 0.25) is 5.95 Å². The molecule has 1 aromatic carbocycles. The first-order valence-electron chi connectivity index (χ1n) is 7.15. The monoisotopic (exact) mass is 323 g/mol. The molecule has 0 spiro atoms. The minimum Gasteiger partial charge on any atom is -0.369 e. The Labute approximate surface area is 133 Å². The minimum atomic E-state index is -0.474. The van der Waals surface area contributed by atoms with E-state index in [9.17, 15) is 8.78 Å². The lowest BCUT2D eigenvalue weighted by Crippen LogP contribution is -2.46. The van der Waals surface area contributed by atoms with Gasteiger partial charge >= 0.3 is 0 Å². The second-order valence-electron chi connectivity index (χ2n) is 5.30. The molecule has 6 heteroatoms. The fourth-order valence-corrected chi connectivity index (χ4v) is 2.88. The van der Waals surface area contributed by atoms with Crippen LogP contribution in [0, 0.1) is 11.8 Å². The number of pyridine rings is 1. The number of rotatable bonds is 3. The largest absolute Gasteiger partial charge is 0.369 e. The Morgan fingerprint density at radius 2 is 1.86 bits per heavy atom. The average molecular weight is 324 g/mol. The number of piperazine rings is 1. The van der Waals surface area contributed by atoms with Crippen molar-refractivity contribution in [2.24, 2.45) is 0 Å². The van der Waals surface area contributed by atoms with Crippen LogP contribution in [0.25, 0.3) is 0 Å². The highest BCUT2D eigenvalue weighted by molar-refractivity contribution is 6.31. The van der Waals surface area contributed by atoms with Crippen LogP contribution < -0.4 is 4.90 Å². The number of hydrogen-bond acceptors (Lipinski definition) is 3. The lowest BCUT2D eigenvalue weighted by molar-refractivity contribution is 0.246. The molecule has 0 radical (unpaired) electrons. The van der Waals surface area contributed by atoms with E-state index in [0.29, 0.717) is 17.1 Å². The van der Waals surface area contributed by atoms with Crippen molar-refractivity contribution < 1.29 is 8.78 Å². The van der Waals surface area contributed by atoms with Crippen molar-refractivity contribution >= 4 is 17.3 Å². The molecule has 0 saturated carbocycles. The van der Waals surface area contributed by atoms with Crippen LogP contribution >= 0.6 is 11.6 Å². The van der Waals surface area contributed by atoms with Crippen LogP contribution in [-0.2, 0) is 6.54 Å². The quantitative estimate of drug-likeness (QED) is 0.808. The molecule has 2 heterocycles. The average Bonchev–Trinajstić information content (AvgIpc) is 2.52. The molecule has 116 valence electrons. The first-order chi connectivity index (χ1) is 10.6. The van der Waals surface area contributed by atoms with E-state index in [-0.39, 0.29) is 5.82 Å². The van der Waals surface area contributed by atoms with E-state index in [1.165, 1.54) is 18.3 Å². The van der Waals surface area contributed by atoms with E-state index in [1.54, 1.807) is 18.2 Å². The second-order valence-corrected chi connectivity index (χ2v) is 5.71. The molecule has 1 aliphatic heterocycles. The van der Waals surface area contributed by atoms with Crippen LogP contribution in [0.4, 0.5) is 14.5 Å². The summed E-state index contributed by atoms with van der Waals surface area (Å²) in [5.41, 5.74) is 1.36. The number of anilines is 1. The number of halogens is 3. The van der Waals surface area contributed by atoms with E-state index in [1.807, 2.05) is 0 Å². The van der Waals surface area contributed by atoms with Gasteiger partial charge in [0.05, 0.1) is 0 Å². The molecule has 1 aromatic heterocycles. The molecule has 3 nitrogen and oxygen atoms in total. The standard InChI is InChI=1S/C16H16ClF2N3/c17-14-2-1-3-15(18)13(14)11-21-6-8-22(9-7-21)12-4-5-20-16(19)10-12/h1-5,10H,6-9,11H2. The summed E-state index contributed by atoms with van der Waals surface area (Å²) in [6.45, 7) is 3.55. The third kappa shape index (κ3) is 3.36. The van der Waals surface area contributed by atoms with Crippen molar-refractivity contribution in [2.75, 3.05) is 31.1 Å². The van der Waals surface area contributed by atoms with Gasteiger partial charge in [-0.25, -0.2) is 9.37 Å². The zero-order chi connectivity index (χ0) is 15.5. The van der Waals surface area contributed by atoms with E-state index in [2.05, 4.69) is 14.8 Å². The zero-order valence-electron chi connectivity index (χ0n) is 12.0. The van der Waals surface area contributed by atoms with Crippen molar-refractivity contribution in [1.82, 2.24) is 9.88 Å². The van der Waals surface area contributed by atoms with E-state index >= 15 is 0 Å². The first kappa shape index (κ1) is 15.2. The lowest BCUT2D eigenvalue weighted by atomic mass is 10.1. The fourth-order valence-electron chi connectivity index (χ4n) is 2.66. The van der Waals surface area contributed by atoms with Crippen LogP contribution in [-0.4, -0.2) is 36.1 Å². The molecule has 22 heavy (non-hydrogen) atoms. The summed E-state index contributed by atoms with van der Waals surface area (Å²) < 4.78 is 27.0. The van der Waals surface area contributed by atoms with Crippen LogP contribution in [0.3, 0.4) is 0 Å². The number of benzene rings is 1. The van der Waals surface area contributed by atoms with E-state index < -0.39 is 5.95 Å². The van der Waals surface area contributed by atoms with Crippen molar-refractivity contribution in [1.29, 1.82) is 0 Å². The zero-order valence-corrected chi connectivity index (χ0v) is 12.7. The Hall–Kier alpha value is -1.72. The molecule has 3 rings (SSSR count). The molecule has 1 aliphatic rings. The van der Waals surface area contributed by atoms with Crippen LogP contribution in [0.1, 0.15) is 5.56 Å². The van der Waals surface area contributed by atoms with E-state index in [4.69, 9.17) is 11.6 Å². The summed E-state index contributed by atoms with van der Waals surface area (Å²) in [5.74, 6) is -0.746. The summed E-state index contributed by atoms with van der Waals surface area (Å²) in [5, 5.41) is 0.457. The SMILES string of the molecule is Fc1cc(N2CCN(Cc3c(F)cccc3Cl)CC2)ccn1. The van der Waals surface area contributed by atoms with Gasteiger partial charge in [-0.2, -0.15) is 4.39 Å². The van der Waals surface area contributed by atoms with Crippen LogP contribution in [0.15, 0.2) is 36.5 Å². The van der Waals surface area contributed by atoms with Crippen molar-refractivity contribution in [2.45, 2.75) is 6.54 Å². The first-order valence-corrected chi connectivity index (χ1v) is 7.53. The summed E-state index contributed by atoms with van der Waals surface area (Å²) in [4.78, 5) is 7.82. The molecular formula is C16H16ClF2N3. The third-order valence-corrected chi connectivity index (χ3v) is 4.25. The minimum absolute atomic E-state index is 0.272. The van der Waals surface area contributed by atoms with Gasteiger partial charge < -0.3 is 4.90 Å². The maximum absolute atomic E-state index is 13.8. The van der Waals surface area contributed by atoms with Crippen LogP contribution in [0.2, 0.25) is 5.02 Å². The Morgan fingerprint density at radius 1 is 1.09 bits per heavy atom. The fraction of sp³-hybridized carbons (Fsp3) is 0.312. The molecule has 0 N–H and O–H groups in total. The number of aromatic nitrogens is 1. The summed E-state index contributed by atoms with van der Waals surface area (Å²) >= 11 is 6.07. The van der Waals surface area contributed by atoms with Gasteiger partial charge in [0.15, 0.2) is 0 Å². The molecule has 0 atom stereocenters. The molecule has 0 unspecified atom stereocenters. The van der Waals surface area contributed by atoms with Crippen molar-refractivity contribution in [3.63, 3.8) is 0 Å². The molecule has 0 aliphatic carbocycles. The highest BCUT2D eigenvalue weighted by Crippen LogP contribution is 2.22. The molecule has 0 bridgehead atoms. The van der Waals surface area contributed by atoms with Gasteiger partial charge in [-0.3, -0.25) is 4.90 Å². The Balaban J connectivity index is 1.62.